The third kappa shape index (κ3) is 1.94. The van der Waals surface area contributed by atoms with Crippen LogP contribution in [-0.2, 0) is 0 Å². The molecule has 2 aliphatic rings. The van der Waals surface area contributed by atoms with E-state index in [9.17, 15) is 10.2 Å². The van der Waals surface area contributed by atoms with Gasteiger partial charge in [0.1, 0.15) is 0 Å². The van der Waals surface area contributed by atoms with Crippen LogP contribution in [0, 0.1) is 17.3 Å². The number of rotatable bonds is 1. The lowest BCUT2D eigenvalue weighted by Gasteiger charge is -2.39. The van der Waals surface area contributed by atoms with Crippen LogP contribution < -0.4 is 0 Å². The third-order valence-electron chi connectivity index (χ3n) is 4.41. The average molecular weight is 212 g/mol. The van der Waals surface area contributed by atoms with Gasteiger partial charge in [0.15, 0.2) is 0 Å². The van der Waals surface area contributed by atoms with Gasteiger partial charge in [-0.05, 0) is 30.6 Å². The van der Waals surface area contributed by atoms with Crippen LogP contribution in [0.3, 0.4) is 0 Å². The summed E-state index contributed by atoms with van der Waals surface area (Å²) >= 11 is 0. The van der Waals surface area contributed by atoms with Crippen LogP contribution in [-0.4, -0.2) is 21.9 Å². The first-order valence-corrected chi connectivity index (χ1v) is 6.23. The summed E-state index contributed by atoms with van der Waals surface area (Å²) in [7, 11) is 0. The van der Waals surface area contributed by atoms with Crippen LogP contribution >= 0.6 is 0 Å². The summed E-state index contributed by atoms with van der Waals surface area (Å²) in [5.41, 5.74) is -0.673. The molecule has 3 unspecified atom stereocenters. The lowest BCUT2D eigenvalue weighted by molar-refractivity contribution is -0.0929. The van der Waals surface area contributed by atoms with E-state index in [1.54, 1.807) is 0 Å². The number of hydrogen-bond acceptors (Lipinski definition) is 2. The fraction of sp³-hybridized carbons (Fsp3) is 1.00. The van der Waals surface area contributed by atoms with Gasteiger partial charge in [-0.1, -0.05) is 33.6 Å². The highest BCUT2D eigenvalue weighted by molar-refractivity contribution is 5.03. The summed E-state index contributed by atoms with van der Waals surface area (Å²) in [4.78, 5) is 0. The van der Waals surface area contributed by atoms with Crippen LogP contribution in [0.15, 0.2) is 0 Å². The predicted octanol–water partition coefficient (Wildman–Crippen LogP) is 2.33. The van der Waals surface area contributed by atoms with Gasteiger partial charge >= 0.3 is 0 Å². The molecule has 0 saturated heterocycles. The lowest BCUT2D eigenvalue weighted by atomic mass is 9.73. The quantitative estimate of drug-likeness (QED) is 0.700. The Morgan fingerprint density at radius 3 is 2.53 bits per heavy atom. The molecule has 2 heteroatoms. The molecule has 2 rings (SSSR count). The van der Waals surface area contributed by atoms with Crippen molar-refractivity contribution in [1.29, 1.82) is 0 Å². The topological polar surface area (TPSA) is 40.5 Å². The van der Waals surface area contributed by atoms with Crippen molar-refractivity contribution in [2.45, 2.75) is 64.6 Å². The fourth-order valence-electron chi connectivity index (χ4n) is 3.54. The van der Waals surface area contributed by atoms with E-state index in [1.165, 1.54) is 6.42 Å². The van der Waals surface area contributed by atoms with E-state index in [0.717, 1.165) is 25.7 Å². The van der Waals surface area contributed by atoms with E-state index in [0.29, 0.717) is 5.92 Å². The van der Waals surface area contributed by atoms with Crippen LogP contribution in [0.5, 0.6) is 0 Å². The van der Waals surface area contributed by atoms with Gasteiger partial charge in [-0.3, -0.25) is 0 Å². The van der Waals surface area contributed by atoms with Crippen molar-refractivity contribution in [3.63, 3.8) is 0 Å². The standard InChI is InChI=1S/C13H24O2/c1-12(2,3)11(14)10-7-9-5-4-6-13(10,15)8-9/h9-11,14-15H,4-8H2,1-3H3/t9?,10?,11-,13?/m1/s1. The van der Waals surface area contributed by atoms with E-state index in [-0.39, 0.29) is 17.4 Å². The molecule has 2 aliphatic carbocycles. The molecule has 2 fully saturated rings. The van der Waals surface area contributed by atoms with Crippen LogP contribution in [0.1, 0.15) is 52.9 Å². The van der Waals surface area contributed by atoms with E-state index < -0.39 is 5.60 Å². The van der Waals surface area contributed by atoms with Crippen LogP contribution in [0.25, 0.3) is 0 Å². The van der Waals surface area contributed by atoms with Crippen molar-refractivity contribution in [2.75, 3.05) is 0 Å². The van der Waals surface area contributed by atoms with Crippen molar-refractivity contribution < 1.29 is 10.2 Å². The minimum atomic E-state index is -0.560. The molecule has 0 spiro atoms. The predicted molar refractivity (Wildman–Crippen MR) is 60.5 cm³/mol. The number of aliphatic hydroxyl groups excluding tert-OH is 1. The Balaban J connectivity index is 2.16. The summed E-state index contributed by atoms with van der Waals surface area (Å²) in [5, 5.41) is 20.9. The first-order chi connectivity index (χ1) is 6.83. The van der Waals surface area contributed by atoms with E-state index in [1.807, 2.05) is 0 Å². The van der Waals surface area contributed by atoms with Gasteiger partial charge in [0.2, 0.25) is 0 Å². The minimum absolute atomic E-state index is 0.102. The molecule has 0 aromatic heterocycles. The molecule has 15 heavy (non-hydrogen) atoms. The smallest absolute Gasteiger partial charge is 0.0703 e. The Morgan fingerprint density at radius 1 is 1.33 bits per heavy atom. The molecule has 0 aromatic carbocycles. The molecule has 2 N–H and O–H groups in total. The first-order valence-electron chi connectivity index (χ1n) is 6.23. The maximum absolute atomic E-state index is 10.6. The van der Waals surface area contributed by atoms with Crippen LogP contribution in [0.4, 0.5) is 0 Å². The molecular formula is C13H24O2. The second-order valence-corrected chi connectivity index (χ2v) is 6.72. The highest BCUT2D eigenvalue weighted by Crippen LogP contribution is 2.52. The summed E-state index contributed by atoms with van der Waals surface area (Å²) in [6.07, 6.45) is 4.84. The SMILES string of the molecule is CC(C)(C)[C@H](O)C1CC2CCCC1(O)C2. The molecule has 2 bridgehead atoms. The molecule has 0 radical (unpaired) electrons. The Kier molecular flexibility index (Phi) is 2.63. The zero-order valence-corrected chi connectivity index (χ0v) is 10.2. The Morgan fingerprint density at radius 2 is 2.00 bits per heavy atom. The summed E-state index contributed by atoms with van der Waals surface area (Å²) in [6, 6.07) is 0. The van der Waals surface area contributed by atoms with E-state index in [2.05, 4.69) is 20.8 Å². The van der Waals surface area contributed by atoms with Gasteiger partial charge in [-0.2, -0.15) is 0 Å². The largest absolute Gasteiger partial charge is 0.392 e. The number of aliphatic hydroxyl groups is 2. The number of hydrogen-bond donors (Lipinski definition) is 2. The average Bonchev–Trinajstić information content (AvgIpc) is 2.33. The number of fused-ring (bicyclic) bond motifs is 2. The zero-order chi connectivity index (χ0) is 11.3. The molecule has 0 heterocycles. The summed E-state index contributed by atoms with van der Waals surface area (Å²) < 4.78 is 0. The zero-order valence-electron chi connectivity index (χ0n) is 10.2. The van der Waals surface area contributed by atoms with E-state index >= 15 is 0 Å². The Bertz CT molecular complexity index is 243. The van der Waals surface area contributed by atoms with Gasteiger partial charge in [0.05, 0.1) is 11.7 Å². The van der Waals surface area contributed by atoms with Crippen molar-refractivity contribution in [3.05, 3.63) is 0 Å². The maximum Gasteiger partial charge on any atom is 0.0703 e. The Labute approximate surface area is 92.7 Å². The van der Waals surface area contributed by atoms with E-state index in [4.69, 9.17) is 0 Å². The minimum Gasteiger partial charge on any atom is -0.392 e. The van der Waals surface area contributed by atoms with Gasteiger partial charge in [-0.15, -0.1) is 0 Å². The molecule has 4 atom stereocenters. The molecule has 2 saturated carbocycles. The van der Waals surface area contributed by atoms with Crippen molar-refractivity contribution >= 4 is 0 Å². The maximum atomic E-state index is 10.6. The second-order valence-electron chi connectivity index (χ2n) is 6.72. The van der Waals surface area contributed by atoms with Gasteiger partial charge < -0.3 is 10.2 Å². The molecule has 0 aromatic rings. The third-order valence-corrected chi connectivity index (χ3v) is 4.41. The normalized spacial score (nSPS) is 43.0. The first kappa shape index (κ1) is 11.4. The van der Waals surface area contributed by atoms with Crippen molar-refractivity contribution in [1.82, 2.24) is 0 Å². The molecular weight excluding hydrogens is 188 g/mol. The van der Waals surface area contributed by atoms with Crippen molar-refractivity contribution in [2.24, 2.45) is 17.3 Å². The summed E-state index contributed by atoms with van der Waals surface area (Å²) in [6.45, 7) is 6.18. The molecule has 2 nitrogen and oxygen atoms in total. The highest BCUT2D eigenvalue weighted by Gasteiger charge is 2.52. The monoisotopic (exact) mass is 212 g/mol. The second kappa shape index (κ2) is 3.46. The lowest BCUT2D eigenvalue weighted by Crippen LogP contribution is -2.45. The van der Waals surface area contributed by atoms with Gasteiger partial charge in [0, 0.05) is 5.92 Å². The summed E-state index contributed by atoms with van der Waals surface area (Å²) in [5.74, 6) is 0.760. The molecule has 88 valence electrons. The van der Waals surface area contributed by atoms with Crippen LogP contribution in [0.2, 0.25) is 0 Å². The van der Waals surface area contributed by atoms with Gasteiger partial charge in [-0.25, -0.2) is 0 Å². The molecule has 0 amide bonds. The Hall–Kier alpha value is -0.0800. The molecule has 0 aliphatic heterocycles. The highest BCUT2D eigenvalue weighted by atomic mass is 16.3. The fourth-order valence-corrected chi connectivity index (χ4v) is 3.54. The van der Waals surface area contributed by atoms with Crippen molar-refractivity contribution in [3.8, 4) is 0 Å². The van der Waals surface area contributed by atoms with Gasteiger partial charge in [0.25, 0.3) is 0 Å².